The van der Waals surface area contributed by atoms with Gasteiger partial charge >= 0.3 is 0 Å². The molecule has 4 heteroatoms. The predicted octanol–water partition coefficient (Wildman–Crippen LogP) is 1.53. The first-order valence-corrected chi connectivity index (χ1v) is 6.53. The minimum Gasteiger partial charge on any atom is -0.379 e. The molecule has 3 nitrogen and oxygen atoms in total. The fraction of sp³-hybridized carbons (Fsp3) is 1.00. The van der Waals surface area contributed by atoms with Crippen LogP contribution in [0.4, 0.5) is 0 Å². The minimum atomic E-state index is -1.92. The second kappa shape index (κ2) is 3.96. The van der Waals surface area contributed by atoms with E-state index < -0.39 is 9.73 Å². The molecule has 0 aromatic rings. The fourth-order valence-electron chi connectivity index (χ4n) is 1.02. The number of ether oxygens (including phenoxy) is 1. The van der Waals surface area contributed by atoms with Gasteiger partial charge in [0.2, 0.25) is 0 Å². The molecule has 1 aliphatic heterocycles. The van der Waals surface area contributed by atoms with E-state index in [2.05, 4.69) is 25.1 Å². The van der Waals surface area contributed by atoms with Crippen LogP contribution in [0.1, 0.15) is 20.8 Å². The summed E-state index contributed by atoms with van der Waals surface area (Å²) in [5.74, 6) is 1.23. The van der Waals surface area contributed by atoms with E-state index in [0.717, 1.165) is 0 Å². The molecular weight excluding hydrogens is 186 g/mol. The Balaban J connectivity index is 2.63. The van der Waals surface area contributed by atoms with Gasteiger partial charge in [-0.1, -0.05) is 20.8 Å². The molecule has 0 spiro atoms. The van der Waals surface area contributed by atoms with Crippen LogP contribution < -0.4 is 0 Å². The van der Waals surface area contributed by atoms with E-state index in [1.54, 1.807) is 0 Å². The first-order chi connectivity index (χ1) is 5.91. The molecule has 0 bridgehead atoms. The van der Waals surface area contributed by atoms with Crippen molar-refractivity contribution in [1.82, 2.24) is 0 Å². The summed E-state index contributed by atoms with van der Waals surface area (Å²) in [7, 11) is -1.92. The summed E-state index contributed by atoms with van der Waals surface area (Å²) in [4.78, 5) is 0. The predicted molar refractivity (Wildman–Crippen MR) is 55.4 cm³/mol. The summed E-state index contributed by atoms with van der Waals surface area (Å²) in [6, 6.07) is 0. The van der Waals surface area contributed by atoms with E-state index in [4.69, 9.17) is 4.74 Å². The molecule has 0 saturated carbocycles. The van der Waals surface area contributed by atoms with Crippen LogP contribution >= 0.6 is 0 Å². The lowest BCUT2D eigenvalue weighted by Gasteiger charge is -2.19. The summed E-state index contributed by atoms with van der Waals surface area (Å²) >= 11 is 0. The van der Waals surface area contributed by atoms with Crippen LogP contribution in [0.15, 0.2) is 4.36 Å². The van der Waals surface area contributed by atoms with E-state index in [1.165, 1.54) is 0 Å². The molecule has 1 rings (SSSR count). The van der Waals surface area contributed by atoms with Crippen LogP contribution in [-0.2, 0) is 14.5 Å². The standard InChI is InChI=1S/C9H19NO2S/c1-9(2,3)8-10-13(11)6-4-12-5-7-13/h4-8H2,1-3H3. The molecule has 0 aromatic heterocycles. The normalized spacial score (nSPS) is 22.7. The molecule has 0 N–H and O–H groups in total. The van der Waals surface area contributed by atoms with Crippen LogP contribution in [0, 0.1) is 5.41 Å². The van der Waals surface area contributed by atoms with Crippen LogP contribution in [0.25, 0.3) is 0 Å². The quantitative estimate of drug-likeness (QED) is 0.651. The Morgan fingerprint density at radius 3 is 2.31 bits per heavy atom. The zero-order valence-electron chi connectivity index (χ0n) is 8.71. The first-order valence-electron chi connectivity index (χ1n) is 4.67. The molecule has 0 atom stereocenters. The second-order valence-electron chi connectivity index (χ2n) is 4.64. The summed E-state index contributed by atoms with van der Waals surface area (Å²) in [6.07, 6.45) is 0. The van der Waals surface area contributed by atoms with E-state index in [-0.39, 0.29) is 5.41 Å². The van der Waals surface area contributed by atoms with Crippen molar-refractivity contribution in [3.05, 3.63) is 0 Å². The van der Waals surface area contributed by atoms with E-state index >= 15 is 0 Å². The molecule has 0 unspecified atom stereocenters. The number of nitrogens with zero attached hydrogens (tertiary/aromatic N) is 1. The number of rotatable bonds is 1. The second-order valence-corrected chi connectivity index (χ2v) is 7.26. The van der Waals surface area contributed by atoms with Gasteiger partial charge in [-0.2, -0.15) is 0 Å². The molecule has 0 amide bonds. The van der Waals surface area contributed by atoms with Crippen LogP contribution in [0.2, 0.25) is 0 Å². The molecule has 1 heterocycles. The Bertz CT molecular complexity index is 260. The maximum Gasteiger partial charge on any atom is 0.0590 e. The highest BCUT2D eigenvalue weighted by Crippen LogP contribution is 2.15. The molecular formula is C9H19NO2S. The average Bonchev–Trinajstić information content (AvgIpc) is 2.02. The largest absolute Gasteiger partial charge is 0.379 e. The third-order valence-corrected chi connectivity index (χ3v) is 4.08. The lowest BCUT2D eigenvalue weighted by Crippen LogP contribution is -2.26. The first kappa shape index (κ1) is 11.0. The number of hydrogen-bond donors (Lipinski definition) is 0. The highest BCUT2D eigenvalue weighted by atomic mass is 32.2. The van der Waals surface area contributed by atoms with Crippen molar-refractivity contribution in [2.24, 2.45) is 9.78 Å². The third-order valence-electron chi connectivity index (χ3n) is 1.87. The van der Waals surface area contributed by atoms with E-state index in [1.807, 2.05) is 0 Å². The zero-order valence-corrected chi connectivity index (χ0v) is 9.52. The smallest absolute Gasteiger partial charge is 0.0590 e. The van der Waals surface area contributed by atoms with Crippen molar-refractivity contribution in [1.29, 1.82) is 0 Å². The summed E-state index contributed by atoms with van der Waals surface area (Å²) in [5.41, 5.74) is 0.142. The molecule has 1 fully saturated rings. The van der Waals surface area contributed by atoms with Crippen molar-refractivity contribution in [3.63, 3.8) is 0 Å². The minimum absolute atomic E-state index is 0.142. The third kappa shape index (κ3) is 4.09. The fourth-order valence-corrected chi connectivity index (χ4v) is 2.86. The van der Waals surface area contributed by atoms with Gasteiger partial charge in [-0.3, -0.25) is 0 Å². The topological polar surface area (TPSA) is 38.7 Å². The van der Waals surface area contributed by atoms with Gasteiger partial charge in [-0.15, -0.1) is 0 Å². The van der Waals surface area contributed by atoms with Crippen LogP contribution in [0.3, 0.4) is 0 Å². The molecule has 78 valence electrons. The number of hydrogen-bond acceptors (Lipinski definition) is 3. The Morgan fingerprint density at radius 2 is 1.85 bits per heavy atom. The van der Waals surface area contributed by atoms with Gasteiger partial charge in [-0.05, 0) is 5.41 Å². The maximum atomic E-state index is 12.0. The van der Waals surface area contributed by atoms with Crippen molar-refractivity contribution in [2.45, 2.75) is 20.8 Å². The Labute approximate surface area is 81.0 Å². The Hall–Kier alpha value is -0.0900. The Morgan fingerprint density at radius 1 is 1.31 bits per heavy atom. The molecule has 1 saturated heterocycles. The van der Waals surface area contributed by atoms with E-state index in [9.17, 15) is 4.21 Å². The van der Waals surface area contributed by atoms with Crippen LogP contribution in [-0.4, -0.2) is 35.5 Å². The van der Waals surface area contributed by atoms with E-state index in [0.29, 0.717) is 31.3 Å². The van der Waals surface area contributed by atoms with Crippen molar-refractivity contribution in [3.8, 4) is 0 Å². The summed E-state index contributed by atoms with van der Waals surface area (Å²) in [6.45, 7) is 8.22. The van der Waals surface area contributed by atoms with Gasteiger partial charge in [0.05, 0.1) is 41.0 Å². The van der Waals surface area contributed by atoms with Crippen molar-refractivity contribution < 1.29 is 8.95 Å². The maximum absolute atomic E-state index is 12.0. The van der Waals surface area contributed by atoms with Gasteiger partial charge in [-0.25, -0.2) is 8.57 Å². The molecule has 0 aromatic carbocycles. The van der Waals surface area contributed by atoms with Gasteiger partial charge in [0, 0.05) is 0 Å². The molecule has 0 aliphatic carbocycles. The van der Waals surface area contributed by atoms with Crippen molar-refractivity contribution in [2.75, 3.05) is 31.3 Å². The SMILES string of the molecule is CC(C)(C)CN=S1(=O)CCOCC1. The van der Waals surface area contributed by atoms with Gasteiger partial charge in [0.25, 0.3) is 0 Å². The monoisotopic (exact) mass is 205 g/mol. The van der Waals surface area contributed by atoms with Crippen molar-refractivity contribution >= 4 is 9.73 Å². The molecule has 1 aliphatic rings. The molecule has 13 heavy (non-hydrogen) atoms. The lowest BCUT2D eigenvalue weighted by atomic mass is 9.98. The average molecular weight is 205 g/mol. The van der Waals surface area contributed by atoms with Gasteiger partial charge in [0.1, 0.15) is 0 Å². The lowest BCUT2D eigenvalue weighted by molar-refractivity contribution is 0.158. The van der Waals surface area contributed by atoms with Crippen LogP contribution in [0.5, 0.6) is 0 Å². The van der Waals surface area contributed by atoms with Gasteiger partial charge < -0.3 is 4.74 Å². The molecule has 0 radical (unpaired) electrons. The summed E-state index contributed by atoms with van der Waals surface area (Å²) in [5, 5.41) is 0. The summed E-state index contributed by atoms with van der Waals surface area (Å²) < 4.78 is 21.5. The highest BCUT2D eigenvalue weighted by Gasteiger charge is 2.16. The zero-order chi connectivity index (χ0) is 9.95. The van der Waals surface area contributed by atoms with Gasteiger partial charge in [0.15, 0.2) is 0 Å². The highest BCUT2D eigenvalue weighted by molar-refractivity contribution is 7.93. The Kier molecular flexibility index (Phi) is 3.35.